The van der Waals surface area contributed by atoms with Gasteiger partial charge in [0.25, 0.3) is 0 Å². The Morgan fingerprint density at radius 2 is 1.92 bits per heavy atom. The topological polar surface area (TPSA) is 83.5 Å². The third kappa shape index (κ3) is 3.37. The Labute approximate surface area is 170 Å². The number of ketones is 1. The van der Waals surface area contributed by atoms with Gasteiger partial charge in [0, 0.05) is 18.3 Å². The maximum atomic E-state index is 12.3. The molecule has 4 rings (SSSR count). The molecule has 0 spiro atoms. The van der Waals surface area contributed by atoms with Gasteiger partial charge in [0.05, 0.1) is 6.10 Å². The van der Waals surface area contributed by atoms with Gasteiger partial charge in [0.15, 0.2) is 0 Å². The zero-order valence-corrected chi connectivity index (χ0v) is 17.5. The van der Waals surface area contributed by atoms with Crippen LogP contribution in [0.4, 0.5) is 0 Å². The van der Waals surface area contributed by atoms with Crippen molar-refractivity contribution in [1.29, 1.82) is 0 Å². The van der Waals surface area contributed by atoms with E-state index in [0.717, 1.165) is 31.2 Å². The first-order chi connectivity index (χ1) is 11.3. The molecule has 0 aliphatic heterocycles. The number of rotatable bonds is 2. The molecule has 0 N–H and O–H groups in total. The maximum absolute atomic E-state index is 12.3. The van der Waals surface area contributed by atoms with Crippen molar-refractivity contribution in [3.05, 3.63) is 34.4 Å². The average Bonchev–Trinajstić information content (AvgIpc) is 2.81. The molecule has 3 atom stereocenters. The maximum Gasteiger partial charge on any atom is 1.00 e. The third-order valence-electron chi connectivity index (χ3n) is 6.32. The smallest absolute Gasteiger partial charge is 0.726 e. The standard InChI is InChI=1S/C18H22O5S.Na/c1-18-9-8-14-13-5-3-12(23-24(20,21)22)10-11(13)2-4-15(14)16(18)6-7-17(18)19;/h2,4,12,16H,3,5-10H2,1H3,(H,20,21,22);/q;+1/p-1/t12-,16?,18?;/m0./s1. The summed E-state index contributed by atoms with van der Waals surface area (Å²) in [4.78, 5) is 12.3. The first kappa shape index (κ1) is 19.5. The second kappa shape index (κ2) is 6.73. The molecule has 0 aromatic heterocycles. The van der Waals surface area contributed by atoms with E-state index in [2.05, 4.69) is 17.2 Å². The normalized spacial score (nSPS) is 30.9. The van der Waals surface area contributed by atoms with E-state index in [9.17, 15) is 17.8 Å². The summed E-state index contributed by atoms with van der Waals surface area (Å²) in [5.41, 5.74) is 4.83. The van der Waals surface area contributed by atoms with E-state index in [4.69, 9.17) is 0 Å². The van der Waals surface area contributed by atoms with Gasteiger partial charge in [-0.05, 0) is 60.3 Å². The molecule has 0 radical (unpaired) electrons. The SMILES string of the molecule is CC12CCc3c(ccc4c3CC[C@H](OS(=O)(=O)[O-])C4)C1CCC2=O.[Na+]. The molecule has 3 aliphatic carbocycles. The Morgan fingerprint density at radius 1 is 1.16 bits per heavy atom. The monoisotopic (exact) mass is 372 g/mol. The van der Waals surface area contributed by atoms with Crippen molar-refractivity contribution in [2.75, 3.05) is 0 Å². The summed E-state index contributed by atoms with van der Waals surface area (Å²) in [5.74, 6) is 0.708. The van der Waals surface area contributed by atoms with E-state index < -0.39 is 16.5 Å². The summed E-state index contributed by atoms with van der Waals surface area (Å²) in [6.45, 7) is 2.11. The molecule has 0 saturated heterocycles. The van der Waals surface area contributed by atoms with Crippen molar-refractivity contribution in [2.45, 2.75) is 63.9 Å². The summed E-state index contributed by atoms with van der Waals surface area (Å²) in [5, 5.41) is 0. The summed E-state index contributed by atoms with van der Waals surface area (Å²) < 4.78 is 37.1. The first-order valence-corrected chi connectivity index (χ1v) is 9.92. The van der Waals surface area contributed by atoms with Crippen LogP contribution in [0.15, 0.2) is 12.1 Å². The van der Waals surface area contributed by atoms with E-state index >= 15 is 0 Å². The fourth-order valence-corrected chi connectivity index (χ4v) is 5.55. The average molecular weight is 372 g/mol. The summed E-state index contributed by atoms with van der Waals surface area (Å²) >= 11 is 0. The molecule has 0 amide bonds. The minimum atomic E-state index is -4.66. The minimum absolute atomic E-state index is 0. The summed E-state index contributed by atoms with van der Waals surface area (Å²) in [6, 6.07) is 4.15. The Balaban J connectivity index is 0.00000182. The van der Waals surface area contributed by atoms with E-state index in [1.54, 1.807) is 0 Å². The molecule has 5 nitrogen and oxygen atoms in total. The van der Waals surface area contributed by atoms with Crippen LogP contribution in [0.2, 0.25) is 0 Å². The second-order valence-corrected chi connectivity index (χ2v) is 8.58. The van der Waals surface area contributed by atoms with Crippen LogP contribution >= 0.6 is 0 Å². The molecule has 1 aromatic carbocycles. The number of benzene rings is 1. The predicted octanol–water partition coefficient (Wildman–Crippen LogP) is -0.576. The molecule has 2 unspecified atom stereocenters. The van der Waals surface area contributed by atoms with Crippen LogP contribution in [-0.2, 0) is 38.6 Å². The van der Waals surface area contributed by atoms with Gasteiger partial charge in [-0.1, -0.05) is 19.1 Å². The van der Waals surface area contributed by atoms with Crippen molar-refractivity contribution in [3.63, 3.8) is 0 Å². The number of carbonyl (C=O) groups is 1. The van der Waals surface area contributed by atoms with Crippen LogP contribution in [0.25, 0.3) is 0 Å². The van der Waals surface area contributed by atoms with Crippen LogP contribution in [0.5, 0.6) is 0 Å². The Hall–Kier alpha value is -0.240. The molecule has 130 valence electrons. The number of carbonyl (C=O) groups excluding carboxylic acids is 1. The number of fused-ring (bicyclic) bond motifs is 5. The molecule has 25 heavy (non-hydrogen) atoms. The first-order valence-electron chi connectivity index (χ1n) is 8.59. The molecular weight excluding hydrogens is 351 g/mol. The van der Waals surface area contributed by atoms with Crippen molar-refractivity contribution in [1.82, 2.24) is 0 Å². The van der Waals surface area contributed by atoms with Gasteiger partial charge < -0.3 is 4.55 Å². The molecule has 1 aromatic rings. The van der Waals surface area contributed by atoms with E-state index in [0.29, 0.717) is 31.0 Å². The molecular formula is C18H21NaO5S. The molecule has 1 saturated carbocycles. The van der Waals surface area contributed by atoms with Crippen LogP contribution in [0.1, 0.15) is 60.8 Å². The fraction of sp³-hybridized carbons (Fsp3) is 0.611. The van der Waals surface area contributed by atoms with E-state index in [1.165, 1.54) is 16.7 Å². The summed E-state index contributed by atoms with van der Waals surface area (Å²) in [6.07, 6.45) is 4.60. The van der Waals surface area contributed by atoms with E-state index in [-0.39, 0.29) is 35.0 Å². The Morgan fingerprint density at radius 3 is 2.64 bits per heavy atom. The van der Waals surface area contributed by atoms with Gasteiger partial charge in [-0.15, -0.1) is 0 Å². The van der Waals surface area contributed by atoms with Crippen molar-refractivity contribution >= 4 is 16.2 Å². The van der Waals surface area contributed by atoms with Crippen molar-refractivity contribution < 1.29 is 51.5 Å². The van der Waals surface area contributed by atoms with Crippen LogP contribution in [0.3, 0.4) is 0 Å². The zero-order valence-electron chi connectivity index (χ0n) is 14.7. The molecule has 0 bridgehead atoms. The number of hydrogen-bond donors (Lipinski definition) is 0. The van der Waals surface area contributed by atoms with Crippen molar-refractivity contribution in [2.24, 2.45) is 5.41 Å². The molecule has 1 fully saturated rings. The van der Waals surface area contributed by atoms with Crippen molar-refractivity contribution in [3.8, 4) is 0 Å². The number of Topliss-reactive ketones (excluding diaryl/α,β-unsaturated/α-hetero) is 1. The second-order valence-electron chi connectivity index (χ2n) is 7.57. The van der Waals surface area contributed by atoms with Gasteiger partial charge in [0.2, 0.25) is 10.4 Å². The minimum Gasteiger partial charge on any atom is -0.726 e. The Kier molecular flexibility index (Phi) is 5.26. The van der Waals surface area contributed by atoms with Gasteiger partial charge in [-0.3, -0.25) is 8.98 Å². The van der Waals surface area contributed by atoms with Gasteiger partial charge in [0.1, 0.15) is 5.78 Å². The molecule has 3 aliphatic rings. The molecule has 0 heterocycles. The quantitative estimate of drug-likeness (QED) is 0.394. The Bertz CT molecular complexity index is 819. The van der Waals surface area contributed by atoms with E-state index in [1.807, 2.05) is 6.07 Å². The summed E-state index contributed by atoms with van der Waals surface area (Å²) in [7, 11) is -4.66. The third-order valence-corrected chi connectivity index (χ3v) is 6.83. The fourth-order valence-electron chi connectivity index (χ4n) is 5.06. The van der Waals surface area contributed by atoms with Gasteiger partial charge >= 0.3 is 29.6 Å². The largest absolute Gasteiger partial charge is 1.00 e. The predicted molar refractivity (Wildman–Crippen MR) is 86.4 cm³/mol. The van der Waals surface area contributed by atoms with Crippen LogP contribution in [0, 0.1) is 5.41 Å². The van der Waals surface area contributed by atoms with Crippen LogP contribution in [-0.4, -0.2) is 24.9 Å². The molecule has 7 heteroatoms. The van der Waals surface area contributed by atoms with Crippen LogP contribution < -0.4 is 29.6 Å². The van der Waals surface area contributed by atoms with Gasteiger partial charge in [-0.2, -0.15) is 0 Å². The zero-order chi connectivity index (χ0) is 17.1. The van der Waals surface area contributed by atoms with Gasteiger partial charge in [-0.25, -0.2) is 8.42 Å². The number of hydrogen-bond acceptors (Lipinski definition) is 5.